The molecule has 0 saturated heterocycles. The van der Waals surface area contributed by atoms with Crippen LogP contribution in [-0.4, -0.2) is 9.55 Å². The third kappa shape index (κ3) is 1.61. The number of imidazole rings is 1. The van der Waals surface area contributed by atoms with Gasteiger partial charge in [-0.1, -0.05) is 25.5 Å². The quantitative estimate of drug-likeness (QED) is 0.663. The molecule has 0 atom stereocenters. The molecule has 0 amide bonds. The van der Waals surface area contributed by atoms with Gasteiger partial charge in [0.1, 0.15) is 5.58 Å². The molecule has 0 spiro atoms. The average Bonchev–Trinajstić information content (AvgIpc) is 2.81. The molecule has 3 aromatic rings. The van der Waals surface area contributed by atoms with Crippen molar-refractivity contribution in [3.8, 4) is 0 Å². The highest BCUT2D eigenvalue weighted by molar-refractivity contribution is 6.00. The molecule has 0 saturated carbocycles. The van der Waals surface area contributed by atoms with E-state index in [0.29, 0.717) is 11.1 Å². The average molecular weight is 242 g/mol. The van der Waals surface area contributed by atoms with Crippen LogP contribution in [0.4, 0.5) is 0 Å². The van der Waals surface area contributed by atoms with E-state index in [4.69, 9.17) is 4.42 Å². The minimum atomic E-state index is -0.362. The molecule has 4 heteroatoms. The summed E-state index contributed by atoms with van der Waals surface area (Å²) in [5.41, 5.74) is 1.56. The molecule has 2 heterocycles. The highest BCUT2D eigenvalue weighted by Crippen LogP contribution is 2.22. The van der Waals surface area contributed by atoms with Gasteiger partial charge in [0.25, 0.3) is 0 Å². The fourth-order valence-electron chi connectivity index (χ4n) is 2.21. The second kappa shape index (κ2) is 4.29. The lowest BCUT2D eigenvalue weighted by Crippen LogP contribution is -2.02. The van der Waals surface area contributed by atoms with Gasteiger partial charge in [0.05, 0.1) is 11.8 Å². The molecule has 92 valence electrons. The number of para-hydroxylation sites is 1. The van der Waals surface area contributed by atoms with Crippen LogP contribution in [-0.2, 0) is 6.54 Å². The van der Waals surface area contributed by atoms with E-state index >= 15 is 0 Å². The lowest BCUT2D eigenvalue weighted by molar-refractivity contribution is 0.567. The molecule has 0 N–H and O–H groups in total. The van der Waals surface area contributed by atoms with Crippen molar-refractivity contribution in [1.29, 1.82) is 0 Å². The predicted molar refractivity (Wildman–Crippen MR) is 70.7 cm³/mol. The van der Waals surface area contributed by atoms with Crippen molar-refractivity contribution in [2.75, 3.05) is 0 Å². The number of hydrogen-bond donors (Lipinski definition) is 0. The molecule has 0 radical (unpaired) electrons. The molecule has 1 aromatic carbocycles. The third-order valence-corrected chi connectivity index (χ3v) is 3.13. The number of benzene rings is 1. The van der Waals surface area contributed by atoms with Gasteiger partial charge >= 0.3 is 5.63 Å². The molecule has 2 aromatic heterocycles. The maximum Gasteiger partial charge on any atom is 0.364 e. The second-order valence-electron chi connectivity index (χ2n) is 4.37. The Hall–Kier alpha value is -2.10. The van der Waals surface area contributed by atoms with E-state index in [-0.39, 0.29) is 5.63 Å². The van der Waals surface area contributed by atoms with E-state index in [9.17, 15) is 4.79 Å². The topological polar surface area (TPSA) is 48.0 Å². The Morgan fingerprint density at radius 3 is 3.00 bits per heavy atom. The summed E-state index contributed by atoms with van der Waals surface area (Å²) in [5.74, 6) is 0. The van der Waals surface area contributed by atoms with Crippen molar-refractivity contribution in [3.05, 3.63) is 41.0 Å². The zero-order valence-corrected chi connectivity index (χ0v) is 10.2. The molecule has 0 unspecified atom stereocenters. The number of aryl methyl sites for hydroxylation is 1. The first-order chi connectivity index (χ1) is 8.81. The molecular formula is C14H14N2O2. The molecule has 4 nitrogen and oxygen atoms in total. The van der Waals surface area contributed by atoms with Crippen LogP contribution in [0, 0.1) is 0 Å². The van der Waals surface area contributed by atoms with Crippen molar-refractivity contribution in [1.82, 2.24) is 9.55 Å². The fraction of sp³-hybridized carbons (Fsp3) is 0.286. The van der Waals surface area contributed by atoms with Gasteiger partial charge in [-0.15, -0.1) is 0 Å². The highest BCUT2D eigenvalue weighted by Gasteiger charge is 2.12. The Labute approximate surface area is 104 Å². The minimum absolute atomic E-state index is 0.362. The van der Waals surface area contributed by atoms with Crippen LogP contribution in [0.1, 0.15) is 19.8 Å². The van der Waals surface area contributed by atoms with Gasteiger partial charge in [-0.25, -0.2) is 9.78 Å². The summed E-state index contributed by atoms with van der Waals surface area (Å²) in [6.07, 6.45) is 3.91. The van der Waals surface area contributed by atoms with Gasteiger partial charge in [-0.3, -0.25) is 0 Å². The highest BCUT2D eigenvalue weighted by atomic mass is 16.4. The van der Waals surface area contributed by atoms with Crippen molar-refractivity contribution in [2.24, 2.45) is 0 Å². The lowest BCUT2D eigenvalue weighted by atomic mass is 10.2. The van der Waals surface area contributed by atoms with Gasteiger partial charge in [-0.05, 0) is 18.6 Å². The number of fused-ring (bicyclic) bond motifs is 3. The fourth-order valence-corrected chi connectivity index (χ4v) is 2.21. The van der Waals surface area contributed by atoms with Gasteiger partial charge in [0, 0.05) is 11.9 Å². The van der Waals surface area contributed by atoms with E-state index < -0.39 is 0 Å². The number of rotatable bonds is 3. The smallest absolute Gasteiger partial charge is 0.364 e. The van der Waals surface area contributed by atoms with Crippen molar-refractivity contribution >= 4 is 22.0 Å². The monoisotopic (exact) mass is 242 g/mol. The van der Waals surface area contributed by atoms with Crippen molar-refractivity contribution < 1.29 is 4.42 Å². The Balaban J connectivity index is 2.36. The Bertz CT molecular complexity index is 755. The first-order valence-electron chi connectivity index (χ1n) is 6.18. The van der Waals surface area contributed by atoms with Crippen LogP contribution < -0.4 is 5.63 Å². The number of aromatic nitrogens is 2. The van der Waals surface area contributed by atoms with E-state index in [1.165, 1.54) is 0 Å². The van der Waals surface area contributed by atoms with Crippen molar-refractivity contribution in [3.63, 3.8) is 0 Å². The third-order valence-electron chi connectivity index (χ3n) is 3.13. The van der Waals surface area contributed by atoms with Crippen LogP contribution >= 0.6 is 0 Å². The van der Waals surface area contributed by atoms with Crippen molar-refractivity contribution in [2.45, 2.75) is 26.3 Å². The molecular weight excluding hydrogens is 228 g/mol. The summed E-state index contributed by atoms with van der Waals surface area (Å²) in [6.45, 7) is 3.02. The lowest BCUT2D eigenvalue weighted by Gasteiger charge is -2.04. The first-order valence-corrected chi connectivity index (χ1v) is 6.18. The maximum atomic E-state index is 11.8. The van der Waals surface area contributed by atoms with Crippen LogP contribution in [0.2, 0.25) is 0 Å². The van der Waals surface area contributed by atoms with E-state index in [1.54, 1.807) is 6.33 Å². The van der Waals surface area contributed by atoms with Gasteiger partial charge in [-0.2, -0.15) is 0 Å². The summed E-state index contributed by atoms with van der Waals surface area (Å²) >= 11 is 0. The second-order valence-corrected chi connectivity index (χ2v) is 4.37. The summed E-state index contributed by atoms with van der Waals surface area (Å²) in [4.78, 5) is 16.0. The Morgan fingerprint density at radius 2 is 2.17 bits per heavy atom. The number of hydrogen-bond acceptors (Lipinski definition) is 3. The van der Waals surface area contributed by atoms with E-state index in [1.807, 2.05) is 28.8 Å². The zero-order chi connectivity index (χ0) is 12.5. The molecule has 0 aliphatic carbocycles. The molecule has 0 fully saturated rings. The normalized spacial score (nSPS) is 11.4. The van der Waals surface area contributed by atoms with Crippen LogP contribution in [0.25, 0.3) is 22.0 Å². The summed E-state index contributed by atoms with van der Waals surface area (Å²) in [6, 6.07) is 7.58. The standard InChI is InChI=1S/C14H14N2O2/c1-2-3-8-16-9-15-12-13(16)10-6-4-5-7-11(10)18-14(12)17/h4-7,9H,2-3,8H2,1H3. The molecule has 3 rings (SSSR count). The van der Waals surface area contributed by atoms with Gasteiger partial charge < -0.3 is 8.98 Å². The Morgan fingerprint density at radius 1 is 1.33 bits per heavy atom. The summed E-state index contributed by atoms with van der Waals surface area (Å²) < 4.78 is 7.30. The molecule has 18 heavy (non-hydrogen) atoms. The maximum absolute atomic E-state index is 11.8. The zero-order valence-electron chi connectivity index (χ0n) is 10.2. The molecule has 0 aliphatic rings. The largest absolute Gasteiger partial charge is 0.421 e. The van der Waals surface area contributed by atoms with Gasteiger partial charge in [0.15, 0.2) is 5.52 Å². The van der Waals surface area contributed by atoms with E-state index in [0.717, 1.165) is 30.3 Å². The summed E-state index contributed by atoms with van der Waals surface area (Å²) in [7, 11) is 0. The Kier molecular flexibility index (Phi) is 2.63. The van der Waals surface area contributed by atoms with Crippen LogP contribution in [0.5, 0.6) is 0 Å². The van der Waals surface area contributed by atoms with Crippen LogP contribution in [0.3, 0.4) is 0 Å². The first kappa shape index (κ1) is 11.0. The van der Waals surface area contributed by atoms with E-state index in [2.05, 4.69) is 11.9 Å². The SMILES string of the molecule is CCCCn1cnc2c(=O)oc3ccccc3c21. The number of unbranched alkanes of at least 4 members (excludes halogenated alkanes) is 1. The molecule has 0 aliphatic heterocycles. The summed E-state index contributed by atoms with van der Waals surface area (Å²) in [5, 5.41) is 0.945. The molecule has 0 bridgehead atoms. The number of nitrogens with zero attached hydrogens (tertiary/aromatic N) is 2. The van der Waals surface area contributed by atoms with Crippen LogP contribution in [0.15, 0.2) is 39.8 Å². The van der Waals surface area contributed by atoms with Gasteiger partial charge in [0.2, 0.25) is 0 Å². The minimum Gasteiger partial charge on any atom is -0.421 e. The predicted octanol–water partition coefficient (Wildman–Crippen LogP) is 2.94.